The Morgan fingerprint density at radius 3 is 2.52 bits per heavy atom. The van der Waals surface area contributed by atoms with Crippen LogP contribution in [0.3, 0.4) is 0 Å². The summed E-state index contributed by atoms with van der Waals surface area (Å²) in [5, 5.41) is 10.3. The summed E-state index contributed by atoms with van der Waals surface area (Å²) in [6.45, 7) is 0. The normalized spacial score (nSPS) is 10.4. The van der Waals surface area contributed by atoms with E-state index in [0.717, 1.165) is 44.0 Å². The zero-order valence-electron chi connectivity index (χ0n) is 15.7. The third kappa shape index (κ3) is 4.68. The van der Waals surface area contributed by atoms with Crippen LogP contribution in [-0.2, 0) is 12.8 Å². The van der Waals surface area contributed by atoms with E-state index in [-0.39, 0.29) is 0 Å². The molecule has 0 atom stereocenters. The quantitative estimate of drug-likeness (QED) is 0.338. The van der Waals surface area contributed by atoms with Gasteiger partial charge in [-0.1, -0.05) is 71.6 Å². The van der Waals surface area contributed by atoms with Crippen LogP contribution in [0.2, 0.25) is 5.02 Å². The lowest BCUT2D eigenvalue weighted by Gasteiger charge is -2.05. The molecule has 0 bridgehead atoms. The standard InChI is InChI=1S/C23H17ClN4S/c1-28-22(26-27-23(28)29-16-19-9-5-6-10-21(19)24)20-13-18(14-25-15-20)12-11-17-7-3-2-4-8-17/h2-10,13-15H,16H2,1H3. The number of hydrogen-bond acceptors (Lipinski definition) is 4. The molecule has 2 aromatic heterocycles. The van der Waals surface area contributed by atoms with Crippen molar-refractivity contribution in [1.82, 2.24) is 19.7 Å². The van der Waals surface area contributed by atoms with Gasteiger partial charge in [-0.05, 0) is 29.8 Å². The Labute approximate surface area is 179 Å². The Bertz CT molecular complexity index is 1190. The molecule has 4 aromatic rings. The molecule has 0 saturated carbocycles. The van der Waals surface area contributed by atoms with Gasteiger partial charge in [0.1, 0.15) is 0 Å². The number of benzene rings is 2. The first-order valence-corrected chi connectivity index (χ1v) is 10.3. The van der Waals surface area contributed by atoms with Crippen molar-refractivity contribution in [1.29, 1.82) is 0 Å². The van der Waals surface area contributed by atoms with Crippen molar-refractivity contribution in [2.45, 2.75) is 10.9 Å². The van der Waals surface area contributed by atoms with Gasteiger partial charge in [0.25, 0.3) is 0 Å². The summed E-state index contributed by atoms with van der Waals surface area (Å²) >= 11 is 7.84. The molecular formula is C23H17ClN4S. The summed E-state index contributed by atoms with van der Waals surface area (Å²) in [7, 11) is 1.95. The van der Waals surface area contributed by atoms with Crippen molar-refractivity contribution in [3.8, 4) is 23.2 Å². The first kappa shape index (κ1) is 19.3. The average molecular weight is 417 g/mol. The molecule has 2 aromatic carbocycles. The van der Waals surface area contributed by atoms with E-state index < -0.39 is 0 Å². The number of thioether (sulfide) groups is 1. The molecule has 6 heteroatoms. The van der Waals surface area contributed by atoms with Crippen molar-refractivity contribution in [2.24, 2.45) is 7.05 Å². The van der Waals surface area contributed by atoms with E-state index >= 15 is 0 Å². The summed E-state index contributed by atoms with van der Waals surface area (Å²) in [6.07, 6.45) is 3.53. The summed E-state index contributed by atoms with van der Waals surface area (Å²) in [5.74, 6) is 7.80. The molecule has 0 spiro atoms. The van der Waals surface area contributed by atoms with Gasteiger partial charge in [-0.3, -0.25) is 4.98 Å². The monoisotopic (exact) mass is 416 g/mol. The Morgan fingerprint density at radius 2 is 1.69 bits per heavy atom. The zero-order valence-corrected chi connectivity index (χ0v) is 17.3. The minimum absolute atomic E-state index is 0.729. The van der Waals surface area contributed by atoms with Gasteiger partial charge in [-0.25, -0.2) is 0 Å². The number of rotatable bonds is 4. The van der Waals surface area contributed by atoms with Crippen molar-refractivity contribution in [2.75, 3.05) is 0 Å². The largest absolute Gasteiger partial charge is 0.305 e. The zero-order chi connectivity index (χ0) is 20.1. The maximum Gasteiger partial charge on any atom is 0.191 e. The third-order valence-electron chi connectivity index (χ3n) is 4.27. The molecule has 0 amide bonds. The van der Waals surface area contributed by atoms with Gasteiger partial charge in [0, 0.05) is 46.9 Å². The number of aromatic nitrogens is 4. The highest BCUT2D eigenvalue weighted by Crippen LogP contribution is 2.27. The molecule has 0 aliphatic rings. The molecule has 4 nitrogen and oxygen atoms in total. The van der Waals surface area contributed by atoms with Crippen LogP contribution in [0.25, 0.3) is 11.4 Å². The number of halogens is 1. The number of nitrogens with zero attached hydrogens (tertiary/aromatic N) is 4. The molecule has 29 heavy (non-hydrogen) atoms. The van der Waals surface area contributed by atoms with E-state index in [1.54, 1.807) is 24.2 Å². The molecule has 0 radical (unpaired) electrons. The second kappa shape index (κ2) is 8.95. The molecule has 0 N–H and O–H groups in total. The average Bonchev–Trinajstić information content (AvgIpc) is 3.13. The lowest BCUT2D eigenvalue weighted by atomic mass is 10.1. The van der Waals surface area contributed by atoms with Crippen molar-refractivity contribution in [3.63, 3.8) is 0 Å². The van der Waals surface area contributed by atoms with Crippen molar-refractivity contribution in [3.05, 3.63) is 94.8 Å². The molecule has 142 valence electrons. The minimum atomic E-state index is 0.729. The maximum absolute atomic E-state index is 6.25. The third-order valence-corrected chi connectivity index (χ3v) is 5.71. The second-order valence-corrected chi connectivity index (χ2v) is 7.67. The number of pyridine rings is 1. The highest BCUT2D eigenvalue weighted by Gasteiger charge is 2.12. The fraction of sp³-hybridized carbons (Fsp3) is 0.0870. The van der Waals surface area contributed by atoms with Crippen LogP contribution in [0.1, 0.15) is 16.7 Å². The van der Waals surface area contributed by atoms with Gasteiger partial charge < -0.3 is 4.57 Å². The minimum Gasteiger partial charge on any atom is -0.305 e. The van der Waals surface area contributed by atoms with Crippen LogP contribution in [0, 0.1) is 11.8 Å². The lowest BCUT2D eigenvalue weighted by molar-refractivity contribution is 0.793. The van der Waals surface area contributed by atoms with Gasteiger partial charge in [0.2, 0.25) is 0 Å². The summed E-state index contributed by atoms with van der Waals surface area (Å²) < 4.78 is 1.97. The molecule has 0 fully saturated rings. The maximum atomic E-state index is 6.25. The molecule has 0 unspecified atom stereocenters. The van der Waals surface area contributed by atoms with E-state index in [1.807, 2.05) is 72.3 Å². The fourth-order valence-corrected chi connectivity index (χ4v) is 3.94. The van der Waals surface area contributed by atoms with E-state index in [9.17, 15) is 0 Å². The summed E-state index contributed by atoms with van der Waals surface area (Å²) in [4.78, 5) is 4.32. The number of hydrogen-bond donors (Lipinski definition) is 0. The van der Waals surface area contributed by atoms with Gasteiger partial charge >= 0.3 is 0 Å². The van der Waals surface area contributed by atoms with E-state index in [2.05, 4.69) is 27.0 Å². The predicted molar refractivity (Wildman–Crippen MR) is 118 cm³/mol. The SMILES string of the molecule is Cn1c(SCc2ccccc2Cl)nnc1-c1cncc(C#Cc2ccccc2)c1. The van der Waals surface area contributed by atoms with Gasteiger partial charge in [0.05, 0.1) is 0 Å². The van der Waals surface area contributed by atoms with E-state index in [0.29, 0.717) is 0 Å². The summed E-state index contributed by atoms with van der Waals surface area (Å²) in [5.41, 5.74) is 3.75. The van der Waals surface area contributed by atoms with Gasteiger partial charge in [-0.2, -0.15) is 0 Å². The second-order valence-electron chi connectivity index (χ2n) is 6.32. The van der Waals surface area contributed by atoms with Crippen molar-refractivity contribution < 1.29 is 0 Å². The van der Waals surface area contributed by atoms with Crippen LogP contribution in [-0.4, -0.2) is 19.7 Å². The van der Waals surface area contributed by atoms with Gasteiger partial charge in [0.15, 0.2) is 11.0 Å². The lowest BCUT2D eigenvalue weighted by Crippen LogP contribution is -1.96. The Hall–Kier alpha value is -3.07. The fourth-order valence-electron chi connectivity index (χ4n) is 2.75. The Kier molecular flexibility index (Phi) is 5.95. The molecule has 2 heterocycles. The highest BCUT2D eigenvalue weighted by molar-refractivity contribution is 7.98. The van der Waals surface area contributed by atoms with Crippen LogP contribution in [0.15, 0.2) is 78.2 Å². The molecular weight excluding hydrogens is 400 g/mol. The molecule has 4 rings (SSSR count). The smallest absolute Gasteiger partial charge is 0.191 e. The first-order valence-electron chi connectivity index (χ1n) is 8.99. The van der Waals surface area contributed by atoms with E-state index in [4.69, 9.17) is 11.6 Å². The molecule has 0 aliphatic carbocycles. The summed E-state index contributed by atoms with van der Waals surface area (Å²) in [6, 6.07) is 19.7. The Morgan fingerprint density at radius 1 is 0.931 bits per heavy atom. The van der Waals surface area contributed by atoms with Crippen LogP contribution < -0.4 is 0 Å². The van der Waals surface area contributed by atoms with Crippen LogP contribution in [0.5, 0.6) is 0 Å². The van der Waals surface area contributed by atoms with E-state index in [1.165, 1.54) is 0 Å². The molecule has 0 aliphatic heterocycles. The van der Waals surface area contributed by atoms with Crippen LogP contribution in [0.4, 0.5) is 0 Å². The van der Waals surface area contributed by atoms with Crippen LogP contribution >= 0.6 is 23.4 Å². The topological polar surface area (TPSA) is 43.6 Å². The Balaban J connectivity index is 1.54. The van der Waals surface area contributed by atoms with Crippen molar-refractivity contribution >= 4 is 23.4 Å². The highest BCUT2D eigenvalue weighted by atomic mass is 35.5. The predicted octanol–water partition coefficient (Wildman–Crippen LogP) is 5.22. The molecule has 0 saturated heterocycles. The first-order chi connectivity index (χ1) is 14.2. The van der Waals surface area contributed by atoms with Gasteiger partial charge in [-0.15, -0.1) is 10.2 Å².